The van der Waals surface area contributed by atoms with Crippen LogP contribution < -0.4 is 3.58 Å². The fraction of sp³-hybridized carbons (Fsp3) is 0.625. The second-order valence-electron chi connectivity index (χ2n) is 11.1. The molecule has 0 aliphatic carbocycles. The number of hydrogen-bond donors (Lipinski definition) is 1. The van der Waals surface area contributed by atoms with Crippen molar-refractivity contribution in [1.29, 1.82) is 0 Å². The predicted octanol–water partition coefficient (Wildman–Crippen LogP) is 7.53. The molecule has 1 aliphatic rings. The Balaban J connectivity index is 1.61. The van der Waals surface area contributed by atoms with E-state index in [9.17, 15) is 5.11 Å². The Morgan fingerprint density at radius 1 is 0.829 bits per heavy atom. The Bertz CT molecular complexity index is 809. The van der Waals surface area contributed by atoms with Gasteiger partial charge in [-0.25, -0.2) is 0 Å². The second kappa shape index (κ2) is 15.4. The standard InChI is InChI=1S/C20H24NO.3C4H9.Sn/c22-20(15-17-7-3-1-4-8-17)16-21-13-11-19(12-14-21)18-9-5-2-6-10-18;3*1-3-4-2;/h1-3,5-10,19-20,22H,11-16H2;3*1,3-4H2,2H3;. The normalized spacial score (nSPS) is 16.5. The van der Waals surface area contributed by atoms with Crippen LogP contribution in [-0.2, 0) is 6.42 Å². The SMILES string of the molecule is CCC[CH2][Sn]([CH2]CCC)([CH2]CCC)[c]1cccc(CC(O)CN2CCC(c3ccccc3)CC2)c1. The van der Waals surface area contributed by atoms with Crippen molar-refractivity contribution in [3.63, 3.8) is 0 Å². The molecule has 2 aromatic carbocycles. The van der Waals surface area contributed by atoms with Crippen LogP contribution >= 0.6 is 0 Å². The van der Waals surface area contributed by atoms with Crippen LogP contribution in [0.2, 0.25) is 13.3 Å². The first kappa shape index (κ1) is 28.7. The van der Waals surface area contributed by atoms with E-state index in [-0.39, 0.29) is 6.10 Å². The zero-order valence-electron chi connectivity index (χ0n) is 22.9. The van der Waals surface area contributed by atoms with Crippen molar-refractivity contribution >= 4 is 22.0 Å². The van der Waals surface area contributed by atoms with Crippen molar-refractivity contribution in [1.82, 2.24) is 4.90 Å². The molecule has 1 unspecified atom stereocenters. The Kier molecular flexibility index (Phi) is 12.7. The van der Waals surface area contributed by atoms with Crippen LogP contribution in [0.4, 0.5) is 0 Å². The van der Waals surface area contributed by atoms with Gasteiger partial charge in [-0.05, 0) is 0 Å². The van der Waals surface area contributed by atoms with Crippen LogP contribution in [0.15, 0.2) is 54.6 Å². The number of benzene rings is 2. The van der Waals surface area contributed by atoms with Crippen LogP contribution in [0.25, 0.3) is 0 Å². The molecule has 1 aliphatic heterocycles. The summed E-state index contributed by atoms with van der Waals surface area (Å²) in [7, 11) is 0. The molecule has 1 heterocycles. The van der Waals surface area contributed by atoms with E-state index >= 15 is 0 Å². The Labute approximate surface area is 220 Å². The van der Waals surface area contributed by atoms with Gasteiger partial charge in [0.1, 0.15) is 0 Å². The van der Waals surface area contributed by atoms with Gasteiger partial charge < -0.3 is 0 Å². The number of likely N-dealkylation sites (tertiary alicyclic amines) is 1. The molecule has 194 valence electrons. The molecule has 0 bridgehead atoms. The molecular formula is C32H51NOSn. The van der Waals surface area contributed by atoms with Crippen molar-refractivity contribution in [3.8, 4) is 0 Å². The minimum atomic E-state index is -2.41. The Morgan fingerprint density at radius 3 is 2.00 bits per heavy atom. The summed E-state index contributed by atoms with van der Waals surface area (Å²) < 4.78 is 6.26. The summed E-state index contributed by atoms with van der Waals surface area (Å²) in [6, 6.07) is 20.6. The third-order valence-corrected chi connectivity index (χ3v) is 24.0. The fourth-order valence-electron chi connectivity index (χ4n) is 6.19. The Hall–Kier alpha value is -0.841. The van der Waals surface area contributed by atoms with Gasteiger partial charge in [0, 0.05) is 0 Å². The average Bonchev–Trinajstić information content (AvgIpc) is 2.89. The third kappa shape index (κ3) is 8.90. The van der Waals surface area contributed by atoms with Gasteiger partial charge in [0.25, 0.3) is 0 Å². The van der Waals surface area contributed by atoms with Crippen molar-refractivity contribution < 1.29 is 5.11 Å². The summed E-state index contributed by atoms with van der Waals surface area (Å²) in [6.07, 6.45) is 11.1. The van der Waals surface area contributed by atoms with Crippen molar-refractivity contribution in [2.75, 3.05) is 19.6 Å². The van der Waals surface area contributed by atoms with Gasteiger partial charge in [0.15, 0.2) is 0 Å². The maximum atomic E-state index is 11.0. The zero-order chi connectivity index (χ0) is 24.9. The number of aliphatic hydroxyl groups is 1. The van der Waals surface area contributed by atoms with Gasteiger partial charge in [-0.15, -0.1) is 0 Å². The first-order valence-corrected chi connectivity index (χ1v) is 22.1. The van der Waals surface area contributed by atoms with Crippen LogP contribution in [0.1, 0.15) is 89.2 Å². The molecule has 1 fully saturated rings. The number of β-amino-alcohol motifs (C(OH)–C–C–N with tert-alkyl or cyclic N) is 1. The number of hydrogen-bond acceptors (Lipinski definition) is 2. The first-order valence-electron chi connectivity index (χ1n) is 14.6. The number of aliphatic hydroxyl groups excluding tert-OH is 1. The molecule has 0 aromatic heterocycles. The van der Waals surface area contributed by atoms with E-state index < -0.39 is 18.4 Å². The zero-order valence-corrected chi connectivity index (χ0v) is 25.7. The van der Waals surface area contributed by atoms with E-state index in [1.807, 2.05) is 0 Å². The van der Waals surface area contributed by atoms with Crippen molar-refractivity contribution in [3.05, 3.63) is 65.7 Å². The van der Waals surface area contributed by atoms with E-state index in [2.05, 4.69) is 80.3 Å². The van der Waals surface area contributed by atoms with Gasteiger partial charge in [-0.2, -0.15) is 0 Å². The summed E-state index contributed by atoms with van der Waals surface area (Å²) in [5, 5.41) is 11.0. The van der Waals surface area contributed by atoms with Gasteiger partial charge >= 0.3 is 203 Å². The van der Waals surface area contributed by atoms with Gasteiger partial charge in [0.05, 0.1) is 0 Å². The van der Waals surface area contributed by atoms with E-state index in [1.165, 1.54) is 75.8 Å². The van der Waals surface area contributed by atoms with Crippen molar-refractivity contribution in [2.24, 2.45) is 0 Å². The van der Waals surface area contributed by atoms with E-state index in [0.29, 0.717) is 5.92 Å². The van der Waals surface area contributed by atoms with Gasteiger partial charge in [0.2, 0.25) is 0 Å². The van der Waals surface area contributed by atoms with Gasteiger partial charge in [-0.1, -0.05) is 18.2 Å². The molecule has 0 amide bonds. The van der Waals surface area contributed by atoms with Crippen LogP contribution in [-0.4, -0.2) is 54.1 Å². The monoisotopic (exact) mass is 585 g/mol. The third-order valence-electron chi connectivity index (χ3n) is 8.36. The molecule has 35 heavy (non-hydrogen) atoms. The number of piperidine rings is 1. The van der Waals surface area contributed by atoms with Crippen molar-refractivity contribution in [2.45, 2.75) is 104 Å². The summed E-state index contributed by atoms with van der Waals surface area (Å²) in [5.74, 6) is 0.677. The summed E-state index contributed by atoms with van der Waals surface area (Å²) in [6.45, 7) is 10.1. The van der Waals surface area contributed by atoms with Gasteiger partial charge in [-0.3, -0.25) is 0 Å². The second-order valence-corrected chi connectivity index (χ2v) is 24.4. The Morgan fingerprint density at radius 2 is 1.43 bits per heavy atom. The molecule has 1 atom stereocenters. The molecular weight excluding hydrogens is 533 g/mol. The van der Waals surface area contributed by atoms with Crippen LogP contribution in [0, 0.1) is 0 Å². The van der Waals surface area contributed by atoms with E-state index in [1.54, 1.807) is 3.58 Å². The topological polar surface area (TPSA) is 23.5 Å². The molecule has 2 aromatic rings. The number of unbranched alkanes of at least 4 members (excludes halogenated alkanes) is 3. The number of rotatable bonds is 15. The summed E-state index contributed by atoms with van der Waals surface area (Å²) in [5.41, 5.74) is 2.84. The predicted molar refractivity (Wildman–Crippen MR) is 156 cm³/mol. The average molecular weight is 584 g/mol. The first-order chi connectivity index (χ1) is 17.1. The van der Waals surface area contributed by atoms with E-state index in [4.69, 9.17) is 0 Å². The minimum absolute atomic E-state index is 0.273. The molecule has 0 saturated carbocycles. The number of nitrogens with zero attached hydrogens (tertiary/aromatic N) is 1. The van der Waals surface area contributed by atoms with E-state index in [0.717, 1.165) is 26.1 Å². The quantitative estimate of drug-likeness (QED) is 0.219. The summed E-state index contributed by atoms with van der Waals surface area (Å²) in [4.78, 5) is 2.49. The fourth-order valence-corrected chi connectivity index (χ4v) is 22.3. The maximum absolute atomic E-state index is 11.0. The molecule has 1 N–H and O–H groups in total. The molecule has 3 rings (SSSR count). The molecule has 0 spiro atoms. The molecule has 0 radical (unpaired) electrons. The summed E-state index contributed by atoms with van der Waals surface area (Å²) >= 11 is -2.41. The molecule has 2 nitrogen and oxygen atoms in total. The van der Waals surface area contributed by atoms with Crippen LogP contribution in [0.5, 0.6) is 0 Å². The molecule has 1 saturated heterocycles. The molecule has 3 heteroatoms. The van der Waals surface area contributed by atoms with Crippen LogP contribution in [0.3, 0.4) is 0 Å².